The van der Waals surface area contributed by atoms with Crippen LogP contribution in [-0.2, 0) is 9.59 Å². The second-order valence-corrected chi connectivity index (χ2v) is 3.16. The van der Waals surface area contributed by atoms with Crippen molar-refractivity contribution in [3.8, 4) is 0 Å². The normalized spacial score (nSPS) is 12.4. The maximum absolute atomic E-state index is 10.7. The largest absolute Gasteiger partial charge is 0.480 e. The average Bonchev–Trinajstić information content (AvgIpc) is 2.10. The quantitative estimate of drug-likeness (QED) is 0.505. The van der Waals surface area contributed by atoms with E-state index in [1.165, 1.54) is 0 Å². The van der Waals surface area contributed by atoms with Crippen LogP contribution in [0.15, 0.2) is 0 Å². The number of nitrogens with one attached hydrogen (secondary N) is 1. The zero-order valence-corrected chi connectivity index (χ0v) is 8.32. The molecule has 0 aliphatic rings. The molecule has 5 nitrogen and oxygen atoms in total. The monoisotopic (exact) mass is 203 g/mol. The lowest BCUT2D eigenvalue weighted by atomic mass is 10.1. The summed E-state index contributed by atoms with van der Waals surface area (Å²) in [5.74, 6) is -2.02. The Bertz CT molecular complexity index is 193. The number of unbranched alkanes of at least 4 members (excludes halogenated alkanes) is 2. The summed E-state index contributed by atoms with van der Waals surface area (Å²) in [6, 6.07) is -0.738. The summed E-state index contributed by atoms with van der Waals surface area (Å²) in [5, 5.41) is 19.6. The van der Waals surface area contributed by atoms with Gasteiger partial charge in [-0.15, -0.1) is 0 Å². The number of rotatable bonds is 8. The summed E-state index contributed by atoms with van der Waals surface area (Å²) in [5.41, 5.74) is 0. The highest BCUT2D eigenvalue weighted by molar-refractivity contribution is 5.75. The van der Waals surface area contributed by atoms with E-state index in [0.717, 1.165) is 19.3 Å². The van der Waals surface area contributed by atoms with Gasteiger partial charge in [-0.05, 0) is 6.42 Å². The first-order chi connectivity index (χ1) is 6.57. The maximum atomic E-state index is 10.7. The molecular formula is C9H17NO4. The van der Waals surface area contributed by atoms with E-state index in [0.29, 0.717) is 6.42 Å². The van der Waals surface area contributed by atoms with Crippen LogP contribution in [0.2, 0.25) is 0 Å². The molecule has 0 fully saturated rings. The SMILES string of the molecule is CCCCCC(NCC(=O)O)C(=O)O. The van der Waals surface area contributed by atoms with Gasteiger partial charge in [0.2, 0.25) is 0 Å². The topological polar surface area (TPSA) is 86.6 Å². The number of carbonyl (C=O) groups is 2. The predicted octanol–water partition coefficient (Wildman–Crippen LogP) is 0.694. The van der Waals surface area contributed by atoms with E-state index >= 15 is 0 Å². The first-order valence-corrected chi connectivity index (χ1v) is 4.76. The van der Waals surface area contributed by atoms with Crippen molar-refractivity contribution >= 4 is 11.9 Å². The van der Waals surface area contributed by atoms with E-state index < -0.39 is 18.0 Å². The standard InChI is InChI=1S/C9H17NO4/c1-2-3-4-5-7(9(13)14)10-6-8(11)12/h7,10H,2-6H2,1H3,(H,11,12)(H,13,14). The molecule has 5 heteroatoms. The van der Waals surface area contributed by atoms with Crippen molar-refractivity contribution in [3.05, 3.63) is 0 Å². The van der Waals surface area contributed by atoms with Gasteiger partial charge in [0.1, 0.15) is 6.04 Å². The lowest BCUT2D eigenvalue weighted by molar-refractivity contribution is -0.140. The Morgan fingerprint density at radius 2 is 1.93 bits per heavy atom. The highest BCUT2D eigenvalue weighted by Crippen LogP contribution is 2.03. The van der Waals surface area contributed by atoms with Crippen LogP contribution in [0, 0.1) is 0 Å². The van der Waals surface area contributed by atoms with Crippen molar-refractivity contribution in [1.82, 2.24) is 5.32 Å². The Hall–Kier alpha value is -1.10. The van der Waals surface area contributed by atoms with Gasteiger partial charge in [0.25, 0.3) is 0 Å². The fourth-order valence-corrected chi connectivity index (χ4v) is 1.12. The summed E-state index contributed by atoms with van der Waals surface area (Å²) in [6.45, 7) is 1.73. The van der Waals surface area contributed by atoms with Crippen LogP contribution in [-0.4, -0.2) is 34.7 Å². The van der Waals surface area contributed by atoms with E-state index in [4.69, 9.17) is 10.2 Å². The van der Waals surface area contributed by atoms with Crippen molar-refractivity contribution in [1.29, 1.82) is 0 Å². The molecule has 0 aromatic heterocycles. The minimum atomic E-state index is -1.04. The Balaban J connectivity index is 3.78. The predicted molar refractivity (Wildman–Crippen MR) is 51.2 cm³/mol. The Labute approximate surface area is 83.1 Å². The number of hydrogen-bond acceptors (Lipinski definition) is 3. The highest BCUT2D eigenvalue weighted by Gasteiger charge is 2.16. The van der Waals surface area contributed by atoms with Gasteiger partial charge in [0.15, 0.2) is 0 Å². The zero-order chi connectivity index (χ0) is 11.0. The first-order valence-electron chi connectivity index (χ1n) is 4.76. The molecule has 82 valence electrons. The molecule has 3 N–H and O–H groups in total. The molecule has 1 unspecified atom stereocenters. The third-order valence-corrected chi connectivity index (χ3v) is 1.89. The molecule has 0 heterocycles. The van der Waals surface area contributed by atoms with Gasteiger partial charge in [-0.3, -0.25) is 14.9 Å². The third kappa shape index (κ3) is 6.42. The minimum absolute atomic E-state index is 0.302. The van der Waals surface area contributed by atoms with Crippen molar-refractivity contribution < 1.29 is 19.8 Å². The average molecular weight is 203 g/mol. The summed E-state index contributed by atoms with van der Waals surface area (Å²) in [6.07, 6.45) is 3.28. The van der Waals surface area contributed by atoms with Crippen LogP contribution in [0.1, 0.15) is 32.6 Å². The highest BCUT2D eigenvalue weighted by atomic mass is 16.4. The number of carboxylic acids is 2. The van der Waals surface area contributed by atoms with Crippen molar-refractivity contribution in [2.24, 2.45) is 0 Å². The van der Waals surface area contributed by atoms with Crippen LogP contribution < -0.4 is 5.32 Å². The van der Waals surface area contributed by atoms with Gasteiger partial charge < -0.3 is 10.2 Å². The molecule has 0 bridgehead atoms. The Morgan fingerprint density at radius 1 is 1.29 bits per heavy atom. The van der Waals surface area contributed by atoms with Crippen LogP contribution in [0.3, 0.4) is 0 Å². The van der Waals surface area contributed by atoms with Crippen LogP contribution >= 0.6 is 0 Å². The van der Waals surface area contributed by atoms with Crippen molar-refractivity contribution in [2.45, 2.75) is 38.6 Å². The molecule has 0 amide bonds. The molecule has 0 rings (SSSR count). The smallest absolute Gasteiger partial charge is 0.320 e. The first kappa shape index (κ1) is 12.9. The summed E-state index contributed by atoms with van der Waals surface area (Å²) in [7, 11) is 0. The Morgan fingerprint density at radius 3 is 2.36 bits per heavy atom. The number of aliphatic carboxylic acids is 2. The van der Waals surface area contributed by atoms with Crippen LogP contribution in [0.5, 0.6) is 0 Å². The van der Waals surface area contributed by atoms with E-state index in [1.54, 1.807) is 0 Å². The van der Waals surface area contributed by atoms with Gasteiger partial charge in [-0.25, -0.2) is 0 Å². The number of hydrogen-bond donors (Lipinski definition) is 3. The molecule has 0 aliphatic heterocycles. The Kier molecular flexibility index (Phi) is 6.74. The fourth-order valence-electron chi connectivity index (χ4n) is 1.12. The molecule has 0 saturated carbocycles. The molecule has 0 spiro atoms. The second kappa shape index (κ2) is 7.32. The molecule has 0 saturated heterocycles. The second-order valence-electron chi connectivity index (χ2n) is 3.16. The van der Waals surface area contributed by atoms with E-state index in [1.807, 2.05) is 6.92 Å². The zero-order valence-electron chi connectivity index (χ0n) is 8.32. The van der Waals surface area contributed by atoms with E-state index in [2.05, 4.69) is 5.32 Å². The summed E-state index contributed by atoms with van der Waals surface area (Å²) >= 11 is 0. The lowest BCUT2D eigenvalue weighted by Gasteiger charge is -2.12. The van der Waals surface area contributed by atoms with Crippen molar-refractivity contribution in [2.75, 3.05) is 6.54 Å². The molecule has 0 aromatic rings. The molecule has 14 heavy (non-hydrogen) atoms. The van der Waals surface area contributed by atoms with Crippen LogP contribution in [0.4, 0.5) is 0 Å². The fraction of sp³-hybridized carbons (Fsp3) is 0.778. The van der Waals surface area contributed by atoms with Gasteiger partial charge in [0, 0.05) is 0 Å². The van der Waals surface area contributed by atoms with Gasteiger partial charge >= 0.3 is 11.9 Å². The van der Waals surface area contributed by atoms with Gasteiger partial charge in [-0.1, -0.05) is 26.2 Å². The third-order valence-electron chi connectivity index (χ3n) is 1.89. The number of carboxylic acid groups (broad SMARTS) is 2. The molecule has 0 aliphatic carbocycles. The molecular weight excluding hydrogens is 186 g/mol. The molecule has 1 atom stereocenters. The molecule has 0 aromatic carbocycles. The van der Waals surface area contributed by atoms with E-state index in [9.17, 15) is 9.59 Å². The van der Waals surface area contributed by atoms with E-state index in [-0.39, 0.29) is 6.54 Å². The molecule has 0 radical (unpaired) electrons. The lowest BCUT2D eigenvalue weighted by Crippen LogP contribution is -2.39. The minimum Gasteiger partial charge on any atom is -0.480 e. The van der Waals surface area contributed by atoms with Gasteiger partial charge in [0.05, 0.1) is 6.54 Å². The summed E-state index contributed by atoms with van der Waals surface area (Å²) < 4.78 is 0. The van der Waals surface area contributed by atoms with Crippen molar-refractivity contribution in [3.63, 3.8) is 0 Å². The van der Waals surface area contributed by atoms with Gasteiger partial charge in [-0.2, -0.15) is 0 Å². The maximum Gasteiger partial charge on any atom is 0.320 e. The summed E-state index contributed by atoms with van der Waals surface area (Å²) in [4.78, 5) is 20.9. The van der Waals surface area contributed by atoms with Crippen LogP contribution in [0.25, 0.3) is 0 Å².